The average Bonchev–Trinajstić information content (AvgIpc) is 2.44. The second-order valence-electron chi connectivity index (χ2n) is 6.38. The van der Waals surface area contributed by atoms with E-state index in [-0.39, 0.29) is 0 Å². The highest BCUT2D eigenvalue weighted by Gasteiger charge is 2.23. The molecule has 1 aliphatic heterocycles. The van der Waals surface area contributed by atoms with Crippen LogP contribution < -0.4 is 5.32 Å². The Balaban J connectivity index is 1.83. The first-order chi connectivity index (χ1) is 9.60. The lowest BCUT2D eigenvalue weighted by molar-refractivity contribution is 0.157. The molecular weight excluding hydrogens is 244 g/mol. The second-order valence-corrected chi connectivity index (χ2v) is 6.38. The minimum absolute atomic E-state index is 0.670. The van der Waals surface area contributed by atoms with Gasteiger partial charge in [-0.05, 0) is 75.9 Å². The molecule has 0 aromatic heterocycles. The third kappa shape index (κ3) is 4.07. The highest BCUT2D eigenvalue weighted by Crippen LogP contribution is 2.22. The number of rotatable bonds is 5. The summed E-state index contributed by atoms with van der Waals surface area (Å²) in [5.74, 6) is 0.853. The summed E-state index contributed by atoms with van der Waals surface area (Å²) in [6.45, 7) is 13.6. The van der Waals surface area contributed by atoms with Crippen molar-refractivity contribution < 1.29 is 0 Å². The molecule has 1 heterocycles. The summed E-state index contributed by atoms with van der Waals surface area (Å²) in [5.41, 5.74) is 4.27. The molecule has 0 spiro atoms. The van der Waals surface area contributed by atoms with Crippen LogP contribution in [0.4, 0.5) is 0 Å². The van der Waals surface area contributed by atoms with Crippen molar-refractivity contribution in [2.24, 2.45) is 5.92 Å². The smallest absolute Gasteiger partial charge is 0.0233 e. The molecule has 1 aromatic rings. The van der Waals surface area contributed by atoms with E-state index in [1.54, 1.807) is 0 Å². The third-order valence-electron chi connectivity index (χ3n) is 4.84. The number of likely N-dealkylation sites (tertiary alicyclic amines) is 1. The lowest BCUT2D eigenvalue weighted by Crippen LogP contribution is -2.41. The zero-order chi connectivity index (χ0) is 14.5. The van der Waals surface area contributed by atoms with Gasteiger partial charge in [0.2, 0.25) is 0 Å². The Kier molecular flexibility index (Phi) is 5.62. The van der Waals surface area contributed by atoms with Gasteiger partial charge in [0.15, 0.2) is 0 Å². The molecule has 1 aliphatic rings. The van der Waals surface area contributed by atoms with E-state index >= 15 is 0 Å². The molecule has 1 atom stereocenters. The first-order valence-electron chi connectivity index (χ1n) is 8.12. The maximum atomic E-state index is 3.57. The Morgan fingerprint density at radius 3 is 2.50 bits per heavy atom. The van der Waals surface area contributed by atoms with Crippen molar-refractivity contribution in [3.63, 3.8) is 0 Å². The van der Waals surface area contributed by atoms with Crippen LogP contribution in [0.25, 0.3) is 0 Å². The largest absolute Gasteiger partial charge is 0.314 e. The molecule has 0 radical (unpaired) electrons. The van der Waals surface area contributed by atoms with Crippen molar-refractivity contribution in [1.82, 2.24) is 10.2 Å². The number of nitrogens with one attached hydrogen (secondary N) is 1. The lowest BCUT2D eigenvalue weighted by atomic mass is 9.90. The highest BCUT2D eigenvalue weighted by atomic mass is 15.1. The van der Waals surface area contributed by atoms with Gasteiger partial charge in [-0.1, -0.05) is 25.1 Å². The van der Waals surface area contributed by atoms with E-state index < -0.39 is 0 Å². The molecule has 0 amide bonds. The number of benzene rings is 1. The van der Waals surface area contributed by atoms with Crippen molar-refractivity contribution >= 4 is 0 Å². The van der Waals surface area contributed by atoms with Crippen molar-refractivity contribution in [2.45, 2.75) is 53.1 Å². The summed E-state index contributed by atoms with van der Waals surface area (Å²) in [7, 11) is 0. The van der Waals surface area contributed by atoms with Crippen LogP contribution >= 0.6 is 0 Å². The summed E-state index contributed by atoms with van der Waals surface area (Å²) in [6, 6.07) is 7.56. The van der Waals surface area contributed by atoms with Gasteiger partial charge in [-0.3, -0.25) is 4.90 Å². The Bertz CT molecular complexity index is 419. The van der Waals surface area contributed by atoms with E-state index in [0.717, 1.165) is 19.0 Å². The van der Waals surface area contributed by atoms with Crippen LogP contribution in [0, 0.1) is 19.8 Å². The SMILES string of the molecule is CCNC(C)C1CCN(Cc2ccc(C)c(C)c2)CC1. The number of aryl methyl sites for hydroxylation is 2. The standard InChI is InChI=1S/C18H30N2/c1-5-19-16(4)18-8-10-20(11-9-18)13-17-7-6-14(2)15(3)12-17/h6-7,12,16,18-19H,5,8-11,13H2,1-4H3. The van der Waals surface area contributed by atoms with Crippen LogP contribution in [0.15, 0.2) is 18.2 Å². The van der Waals surface area contributed by atoms with Crippen LogP contribution in [0.1, 0.15) is 43.4 Å². The van der Waals surface area contributed by atoms with Gasteiger partial charge < -0.3 is 5.32 Å². The van der Waals surface area contributed by atoms with Crippen LogP contribution in [-0.4, -0.2) is 30.6 Å². The first kappa shape index (κ1) is 15.5. The first-order valence-corrected chi connectivity index (χ1v) is 8.12. The molecule has 1 saturated heterocycles. The van der Waals surface area contributed by atoms with Crippen molar-refractivity contribution in [3.8, 4) is 0 Å². The zero-order valence-electron chi connectivity index (χ0n) is 13.6. The maximum absolute atomic E-state index is 3.57. The fraction of sp³-hybridized carbons (Fsp3) is 0.667. The summed E-state index contributed by atoms with van der Waals surface area (Å²) in [4.78, 5) is 2.61. The molecule has 0 aliphatic carbocycles. The van der Waals surface area contributed by atoms with Crippen LogP contribution in [0.2, 0.25) is 0 Å². The van der Waals surface area contributed by atoms with Crippen LogP contribution in [-0.2, 0) is 6.54 Å². The van der Waals surface area contributed by atoms with Crippen LogP contribution in [0.5, 0.6) is 0 Å². The number of hydrogen-bond donors (Lipinski definition) is 1. The average molecular weight is 274 g/mol. The summed E-state index contributed by atoms with van der Waals surface area (Å²) >= 11 is 0. The topological polar surface area (TPSA) is 15.3 Å². The minimum Gasteiger partial charge on any atom is -0.314 e. The van der Waals surface area contributed by atoms with E-state index in [9.17, 15) is 0 Å². The summed E-state index contributed by atoms with van der Waals surface area (Å²) in [5, 5.41) is 3.57. The normalized spacial score (nSPS) is 19.2. The zero-order valence-corrected chi connectivity index (χ0v) is 13.6. The van der Waals surface area contributed by atoms with Crippen molar-refractivity contribution in [2.75, 3.05) is 19.6 Å². The molecule has 2 nitrogen and oxygen atoms in total. The van der Waals surface area contributed by atoms with Gasteiger partial charge in [0.05, 0.1) is 0 Å². The molecule has 1 fully saturated rings. The van der Waals surface area contributed by atoms with Gasteiger partial charge in [-0.15, -0.1) is 0 Å². The van der Waals surface area contributed by atoms with Gasteiger partial charge in [0.1, 0.15) is 0 Å². The van der Waals surface area contributed by atoms with E-state index in [2.05, 4.69) is 56.1 Å². The highest BCUT2D eigenvalue weighted by molar-refractivity contribution is 5.29. The monoisotopic (exact) mass is 274 g/mol. The molecule has 112 valence electrons. The fourth-order valence-corrected chi connectivity index (χ4v) is 3.26. The second kappa shape index (κ2) is 7.24. The molecule has 1 N–H and O–H groups in total. The van der Waals surface area contributed by atoms with Crippen molar-refractivity contribution in [3.05, 3.63) is 34.9 Å². The molecule has 0 saturated carbocycles. The Morgan fingerprint density at radius 1 is 1.20 bits per heavy atom. The molecular formula is C18H30N2. The number of nitrogens with zero attached hydrogens (tertiary/aromatic N) is 1. The van der Waals surface area contributed by atoms with Gasteiger partial charge in [0.25, 0.3) is 0 Å². The van der Waals surface area contributed by atoms with Crippen LogP contribution in [0.3, 0.4) is 0 Å². The van der Waals surface area contributed by atoms with E-state index in [0.29, 0.717) is 6.04 Å². The van der Waals surface area contributed by atoms with E-state index in [1.165, 1.54) is 42.6 Å². The predicted octanol–water partition coefficient (Wildman–Crippen LogP) is 3.51. The molecule has 1 aromatic carbocycles. The fourth-order valence-electron chi connectivity index (χ4n) is 3.26. The van der Waals surface area contributed by atoms with E-state index in [4.69, 9.17) is 0 Å². The van der Waals surface area contributed by atoms with Crippen molar-refractivity contribution in [1.29, 1.82) is 0 Å². The van der Waals surface area contributed by atoms with Gasteiger partial charge >= 0.3 is 0 Å². The van der Waals surface area contributed by atoms with Gasteiger partial charge in [-0.25, -0.2) is 0 Å². The van der Waals surface area contributed by atoms with Gasteiger partial charge in [0, 0.05) is 12.6 Å². The lowest BCUT2D eigenvalue weighted by Gasteiger charge is -2.35. The Labute approximate surface area is 124 Å². The number of hydrogen-bond acceptors (Lipinski definition) is 2. The minimum atomic E-state index is 0.670. The predicted molar refractivity (Wildman–Crippen MR) is 87.1 cm³/mol. The Hall–Kier alpha value is -0.860. The summed E-state index contributed by atoms with van der Waals surface area (Å²) in [6.07, 6.45) is 2.66. The number of piperidine rings is 1. The molecule has 1 unspecified atom stereocenters. The molecule has 0 bridgehead atoms. The van der Waals surface area contributed by atoms with E-state index in [1.807, 2.05) is 0 Å². The summed E-state index contributed by atoms with van der Waals surface area (Å²) < 4.78 is 0. The molecule has 2 rings (SSSR count). The van der Waals surface area contributed by atoms with Gasteiger partial charge in [-0.2, -0.15) is 0 Å². The third-order valence-corrected chi connectivity index (χ3v) is 4.84. The quantitative estimate of drug-likeness (QED) is 0.884. The maximum Gasteiger partial charge on any atom is 0.0233 e. The molecule has 20 heavy (non-hydrogen) atoms. The molecule has 2 heteroatoms. The Morgan fingerprint density at radius 2 is 1.90 bits per heavy atom.